The van der Waals surface area contributed by atoms with Gasteiger partial charge in [-0.3, -0.25) is 4.90 Å². The predicted molar refractivity (Wildman–Crippen MR) is 113 cm³/mol. The summed E-state index contributed by atoms with van der Waals surface area (Å²) in [4.78, 5) is 17.5. The zero-order valence-corrected chi connectivity index (χ0v) is 16.4. The van der Waals surface area contributed by atoms with Crippen molar-refractivity contribution in [2.75, 3.05) is 37.6 Å². The predicted octanol–water partition coefficient (Wildman–Crippen LogP) is 3.54. The van der Waals surface area contributed by atoms with Crippen molar-refractivity contribution in [1.82, 2.24) is 19.9 Å². The lowest BCUT2D eigenvalue weighted by Crippen LogP contribution is -2.47. The number of H-pyrrole nitrogens is 1. The number of nitrogens with one attached hydrogen (secondary N) is 1. The number of nitriles is 1. The van der Waals surface area contributed by atoms with E-state index in [2.05, 4.69) is 36.9 Å². The van der Waals surface area contributed by atoms with E-state index in [9.17, 15) is 0 Å². The van der Waals surface area contributed by atoms with E-state index in [1.165, 1.54) is 19.4 Å². The molecule has 2 fully saturated rings. The van der Waals surface area contributed by atoms with Crippen molar-refractivity contribution in [3.8, 4) is 28.7 Å². The first-order valence-corrected chi connectivity index (χ1v) is 10.3. The molecule has 0 radical (unpaired) electrons. The second-order valence-electron chi connectivity index (χ2n) is 7.97. The average Bonchev–Trinajstić information content (AvgIpc) is 3.45. The van der Waals surface area contributed by atoms with Gasteiger partial charge in [-0.15, -0.1) is 0 Å². The van der Waals surface area contributed by atoms with E-state index in [1.54, 1.807) is 6.07 Å². The number of aromatic amines is 1. The maximum absolute atomic E-state index is 9.12. The quantitative estimate of drug-likeness (QED) is 0.728. The minimum Gasteiger partial charge on any atom is -0.354 e. The number of benzene rings is 1. The first-order valence-electron chi connectivity index (χ1n) is 10.3. The van der Waals surface area contributed by atoms with Crippen molar-refractivity contribution in [1.29, 1.82) is 5.26 Å². The van der Waals surface area contributed by atoms with Crippen LogP contribution in [0.4, 0.5) is 5.82 Å². The Labute approximate surface area is 170 Å². The molecular weight excluding hydrogens is 360 g/mol. The minimum absolute atomic E-state index is 0.644. The van der Waals surface area contributed by atoms with Gasteiger partial charge in [-0.2, -0.15) is 5.26 Å². The van der Waals surface area contributed by atoms with Crippen molar-refractivity contribution in [2.24, 2.45) is 5.92 Å². The summed E-state index contributed by atoms with van der Waals surface area (Å²) in [5.41, 5.74) is 3.54. The fourth-order valence-electron chi connectivity index (χ4n) is 3.93. The molecule has 0 spiro atoms. The molecule has 0 amide bonds. The van der Waals surface area contributed by atoms with E-state index in [1.807, 2.05) is 36.7 Å². The number of anilines is 1. The lowest BCUT2D eigenvalue weighted by molar-refractivity contribution is 0.247. The van der Waals surface area contributed by atoms with E-state index in [0.29, 0.717) is 5.56 Å². The maximum Gasteiger partial charge on any atom is 0.137 e. The third kappa shape index (κ3) is 4.01. The van der Waals surface area contributed by atoms with Gasteiger partial charge in [0.15, 0.2) is 0 Å². The molecule has 1 N–H and O–H groups in total. The summed E-state index contributed by atoms with van der Waals surface area (Å²) in [6.07, 6.45) is 6.51. The molecule has 1 aliphatic carbocycles. The van der Waals surface area contributed by atoms with Crippen LogP contribution in [0.1, 0.15) is 18.4 Å². The topological polar surface area (TPSA) is 71.8 Å². The molecule has 0 unspecified atom stereocenters. The SMILES string of the molecule is N#Cc1cccc(-c2cnc(-c3ccnc(N4CCN(CC5CC5)CC4)c3)[nH]2)c1. The van der Waals surface area contributed by atoms with Gasteiger partial charge >= 0.3 is 0 Å². The molecule has 0 atom stereocenters. The van der Waals surface area contributed by atoms with Crippen LogP contribution in [0.5, 0.6) is 0 Å². The number of imidazole rings is 1. The molecular formula is C23H24N6. The Kier molecular flexibility index (Phi) is 4.74. The van der Waals surface area contributed by atoms with Gasteiger partial charge in [0.05, 0.1) is 23.5 Å². The molecule has 1 saturated heterocycles. The molecule has 6 nitrogen and oxygen atoms in total. The van der Waals surface area contributed by atoms with E-state index in [0.717, 1.165) is 60.6 Å². The van der Waals surface area contributed by atoms with Gasteiger partial charge in [-0.05, 0) is 43.0 Å². The van der Waals surface area contributed by atoms with Gasteiger partial charge < -0.3 is 9.88 Å². The molecule has 1 aliphatic heterocycles. The molecule has 6 heteroatoms. The lowest BCUT2D eigenvalue weighted by Gasteiger charge is -2.35. The number of aromatic nitrogens is 3. The van der Waals surface area contributed by atoms with Crippen LogP contribution in [-0.4, -0.2) is 52.6 Å². The van der Waals surface area contributed by atoms with Crippen molar-refractivity contribution in [3.63, 3.8) is 0 Å². The number of pyridine rings is 1. The zero-order chi connectivity index (χ0) is 19.6. The zero-order valence-electron chi connectivity index (χ0n) is 16.4. The Morgan fingerprint density at radius 1 is 1.03 bits per heavy atom. The van der Waals surface area contributed by atoms with Gasteiger partial charge in [-0.1, -0.05) is 12.1 Å². The molecule has 5 rings (SSSR count). The Bertz CT molecular complexity index is 1040. The molecule has 0 bridgehead atoms. The summed E-state index contributed by atoms with van der Waals surface area (Å²) in [5, 5.41) is 9.12. The van der Waals surface area contributed by atoms with Crippen molar-refractivity contribution < 1.29 is 0 Å². The van der Waals surface area contributed by atoms with Crippen LogP contribution in [0.3, 0.4) is 0 Å². The van der Waals surface area contributed by atoms with Crippen LogP contribution in [0.15, 0.2) is 48.8 Å². The molecule has 146 valence electrons. The van der Waals surface area contributed by atoms with Crippen LogP contribution in [0.2, 0.25) is 0 Å². The normalized spacial score (nSPS) is 17.3. The fraction of sp³-hybridized carbons (Fsp3) is 0.348. The second kappa shape index (κ2) is 7.69. The first-order chi connectivity index (χ1) is 14.3. The first kappa shape index (κ1) is 17.9. The van der Waals surface area contributed by atoms with E-state index >= 15 is 0 Å². The summed E-state index contributed by atoms with van der Waals surface area (Å²) in [6, 6.07) is 13.8. The van der Waals surface area contributed by atoms with E-state index < -0.39 is 0 Å². The third-order valence-electron chi connectivity index (χ3n) is 5.81. The van der Waals surface area contributed by atoms with Gasteiger partial charge in [0.1, 0.15) is 11.6 Å². The lowest BCUT2D eigenvalue weighted by atomic mass is 10.1. The Balaban J connectivity index is 1.31. The molecule has 2 aromatic heterocycles. The van der Waals surface area contributed by atoms with E-state index in [4.69, 9.17) is 5.26 Å². The summed E-state index contributed by atoms with van der Waals surface area (Å²) >= 11 is 0. The number of hydrogen-bond donors (Lipinski definition) is 1. The molecule has 1 aromatic carbocycles. The van der Waals surface area contributed by atoms with Crippen LogP contribution >= 0.6 is 0 Å². The Morgan fingerprint density at radius 2 is 1.90 bits per heavy atom. The smallest absolute Gasteiger partial charge is 0.137 e. The van der Waals surface area contributed by atoms with Crippen LogP contribution < -0.4 is 4.90 Å². The summed E-state index contributed by atoms with van der Waals surface area (Å²) in [6.45, 7) is 5.54. The number of piperazine rings is 1. The monoisotopic (exact) mass is 384 g/mol. The van der Waals surface area contributed by atoms with Gasteiger partial charge in [0.25, 0.3) is 0 Å². The third-order valence-corrected chi connectivity index (χ3v) is 5.81. The van der Waals surface area contributed by atoms with Crippen molar-refractivity contribution >= 4 is 5.82 Å². The summed E-state index contributed by atoms with van der Waals surface area (Å²) in [7, 11) is 0. The molecule has 3 heterocycles. The van der Waals surface area contributed by atoms with Crippen molar-refractivity contribution in [2.45, 2.75) is 12.8 Å². The fourth-order valence-corrected chi connectivity index (χ4v) is 3.93. The standard InChI is InChI=1S/C23H24N6/c24-14-18-2-1-3-19(12-18)21-15-26-23(27-21)20-6-7-25-22(13-20)29-10-8-28(9-11-29)16-17-4-5-17/h1-3,6-7,12-13,15,17H,4-5,8-11,16H2,(H,26,27). The van der Waals surface area contributed by atoms with Crippen LogP contribution in [-0.2, 0) is 0 Å². The molecule has 2 aliphatic rings. The molecule has 29 heavy (non-hydrogen) atoms. The number of hydrogen-bond acceptors (Lipinski definition) is 5. The maximum atomic E-state index is 9.12. The highest BCUT2D eigenvalue weighted by Crippen LogP contribution is 2.30. The van der Waals surface area contributed by atoms with Gasteiger partial charge in [-0.25, -0.2) is 9.97 Å². The van der Waals surface area contributed by atoms with Crippen LogP contribution in [0.25, 0.3) is 22.6 Å². The highest BCUT2D eigenvalue weighted by Gasteiger charge is 2.26. The Morgan fingerprint density at radius 3 is 2.69 bits per heavy atom. The van der Waals surface area contributed by atoms with Gasteiger partial charge in [0, 0.05) is 50.0 Å². The number of nitrogens with zero attached hydrogens (tertiary/aromatic N) is 5. The largest absolute Gasteiger partial charge is 0.354 e. The number of rotatable bonds is 5. The minimum atomic E-state index is 0.644. The van der Waals surface area contributed by atoms with Crippen molar-refractivity contribution in [3.05, 3.63) is 54.4 Å². The molecule has 1 saturated carbocycles. The highest BCUT2D eigenvalue weighted by atomic mass is 15.3. The second-order valence-corrected chi connectivity index (χ2v) is 7.97. The highest BCUT2D eigenvalue weighted by molar-refractivity contribution is 5.67. The summed E-state index contributed by atoms with van der Waals surface area (Å²) in [5.74, 6) is 2.78. The average molecular weight is 384 g/mol. The van der Waals surface area contributed by atoms with Gasteiger partial charge in [0.2, 0.25) is 0 Å². The van der Waals surface area contributed by atoms with Crippen LogP contribution in [0, 0.1) is 17.2 Å². The summed E-state index contributed by atoms with van der Waals surface area (Å²) < 4.78 is 0. The Hall–Kier alpha value is -3.17. The molecule has 3 aromatic rings. The van der Waals surface area contributed by atoms with E-state index in [-0.39, 0.29) is 0 Å².